The molecule has 0 bridgehead atoms. The molecular weight excluding hydrogens is 326 g/mol. The van der Waals surface area contributed by atoms with Gasteiger partial charge in [0.05, 0.1) is 6.04 Å². The third-order valence-electron chi connectivity index (χ3n) is 4.71. The lowest BCUT2D eigenvalue weighted by Gasteiger charge is -2.33. The van der Waals surface area contributed by atoms with Crippen LogP contribution < -0.4 is 11.1 Å². The van der Waals surface area contributed by atoms with Gasteiger partial charge in [0.2, 0.25) is 11.8 Å². The first-order valence-corrected chi connectivity index (χ1v) is 8.52. The number of hydrogen-bond donors (Lipinski definition) is 2. The van der Waals surface area contributed by atoms with E-state index in [0.29, 0.717) is 12.3 Å². The third-order valence-corrected chi connectivity index (χ3v) is 4.71. The molecule has 1 atom stereocenters. The Morgan fingerprint density at radius 1 is 1.12 bits per heavy atom. The van der Waals surface area contributed by atoms with Gasteiger partial charge in [0.1, 0.15) is 0 Å². The summed E-state index contributed by atoms with van der Waals surface area (Å²) in [6.07, 6.45) is 4.28. The van der Waals surface area contributed by atoms with Crippen molar-refractivity contribution in [3.63, 3.8) is 0 Å². The van der Waals surface area contributed by atoms with E-state index in [-0.39, 0.29) is 30.3 Å². The van der Waals surface area contributed by atoms with Crippen molar-refractivity contribution in [2.45, 2.75) is 44.2 Å². The van der Waals surface area contributed by atoms with E-state index in [1.807, 2.05) is 35.2 Å². The van der Waals surface area contributed by atoms with Crippen molar-refractivity contribution >= 4 is 24.2 Å². The van der Waals surface area contributed by atoms with E-state index in [0.717, 1.165) is 44.3 Å². The molecule has 1 aliphatic heterocycles. The number of likely N-dealkylation sites (tertiary alicyclic amines) is 1. The lowest BCUT2D eigenvalue weighted by Crippen LogP contribution is -2.51. The van der Waals surface area contributed by atoms with Crippen molar-refractivity contribution < 1.29 is 9.59 Å². The Balaban J connectivity index is 0.00000208. The fourth-order valence-corrected chi connectivity index (χ4v) is 3.10. The van der Waals surface area contributed by atoms with E-state index in [1.165, 1.54) is 0 Å². The van der Waals surface area contributed by atoms with Crippen molar-refractivity contribution in [2.24, 2.45) is 11.7 Å². The first-order valence-electron chi connectivity index (χ1n) is 8.52. The van der Waals surface area contributed by atoms with Crippen LogP contribution in [0.5, 0.6) is 0 Å². The van der Waals surface area contributed by atoms with Gasteiger partial charge in [-0.15, -0.1) is 12.4 Å². The lowest BCUT2D eigenvalue weighted by molar-refractivity contribution is -0.133. The predicted molar refractivity (Wildman–Crippen MR) is 95.8 cm³/mol. The van der Waals surface area contributed by atoms with Crippen LogP contribution in [-0.2, 0) is 16.0 Å². The van der Waals surface area contributed by atoms with Crippen LogP contribution in [0.1, 0.15) is 31.2 Å². The minimum Gasteiger partial charge on any atom is -0.352 e. The molecule has 0 radical (unpaired) electrons. The van der Waals surface area contributed by atoms with Crippen molar-refractivity contribution in [1.29, 1.82) is 0 Å². The van der Waals surface area contributed by atoms with Crippen molar-refractivity contribution in [3.05, 3.63) is 35.9 Å². The van der Waals surface area contributed by atoms with Gasteiger partial charge >= 0.3 is 0 Å². The molecule has 3 rings (SSSR count). The van der Waals surface area contributed by atoms with E-state index in [1.54, 1.807) is 0 Å². The van der Waals surface area contributed by atoms with Crippen LogP contribution in [0.4, 0.5) is 0 Å². The highest BCUT2D eigenvalue weighted by atomic mass is 35.5. The summed E-state index contributed by atoms with van der Waals surface area (Å²) < 4.78 is 0. The molecule has 3 N–H and O–H groups in total. The summed E-state index contributed by atoms with van der Waals surface area (Å²) in [5.41, 5.74) is 7.08. The average molecular weight is 352 g/mol. The SMILES string of the molecule is Cl.N[C@@H](Cc1ccccc1)C(=O)NC1CCN(C(=O)C2CC2)CC1. The maximum atomic E-state index is 12.2. The Kier molecular flexibility index (Phi) is 6.63. The van der Waals surface area contributed by atoms with E-state index in [9.17, 15) is 9.59 Å². The first kappa shape index (κ1) is 18.7. The van der Waals surface area contributed by atoms with Gasteiger partial charge in [-0.3, -0.25) is 9.59 Å². The molecule has 2 fully saturated rings. The Bertz CT molecular complexity index is 555. The fourth-order valence-electron chi connectivity index (χ4n) is 3.10. The number of benzene rings is 1. The Morgan fingerprint density at radius 3 is 2.33 bits per heavy atom. The maximum absolute atomic E-state index is 12.2. The number of carbonyl (C=O) groups excluding carboxylic acids is 2. The topological polar surface area (TPSA) is 75.4 Å². The molecule has 1 saturated carbocycles. The predicted octanol–water partition coefficient (Wildman–Crippen LogP) is 1.50. The third kappa shape index (κ3) is 4.95. The van der Waals surface area contributed by atoms with Crippen LogP contribution in [0.2, 0.25) is 0 Å². The molecule has 0 aromatic heterocycles. The number of carbonyl (C=O) groups is 2. The molecule has 2 aliphatic rings. The van der Waals surface area contributed by atoms with Crippen LogP contribution in [0.25, 0.3) is 0 Å². The van der Waals surface area contributed by atoms with E-state index in [4.69, 9.17) is 5.73 Å². The summed E-state index contributed by atoms with van der Waals surface area (Å²) >= 11 is 0. The summed E-state index contributed by atoms with van der Waals surface area (Å²) in [6, 6.07) is 9.42. The highest BCUT2D eigenvalue weighted by Crippen LogP contribution is 2.31. The fraction of sp³-hybridized carbons (Fsp3) is 0.556. The second kappa shape index (κ2) is 8.49. The molecule has 6 heteroatoms. The number of rotatable bonds is 5. The van der Waals surface area contributed by atoms with E-state index < -0.39 is 6.04 Å². The number of halogens is 1. The smallest absolute Gasteiger partial charge is 0.237 e. The Morgan fingerprint density at radius 2 is 1.75 bits per heavy atom. The summed E-state index contributed by atoms with van der Waals surface area (Å²) in [4.78, 5) is 26.2. The molecule has 2 amide bonds. The number of hydrogen-bond acceptors (Lipinski definition) is 3. The molecule has 1 aromatic rings. The van der Waals surface area contributed by atoms with Gasteiger partial charge in [-0.1, -0.05) is 30.3 Å². The number of amides is 2. The van der Waals surface area contributed by atoms with Crippen LogP contribution >= 0.6 is 12.4 Å². The molecule has 1 heterocycles. The maximum Gasteiger partial charge on any atom is 0.237 e. The molecule has 1 aliphatic carbocycles. The summed E-state index contributed by atoms with van der Waals surface area (Å²) in [6.45, 7) is 1.49. The Labute approximate surface area is 149 Å². The molecule has 5 nitrogen and oxygen atoms in total. The lowest BCUT2D eigenvalue weighted by atomic mass is 10.0. The highest BCUT2D eigenvalue weighted by Gasteiger charge is 2.35. The molecule has 0 spiro atoms. The standard InChI is InChI=1S/C18H25N3O2.ClH/c19-16(12-13-4-2-1-3-5-13)17(22)20-15-8-10-21(11-9-15)18(23)14-6-7-14;/h1-5,14-16H,6-12,19H2,(H,20,22);1H/t16-;/m0./s1. The zero-order chi connectivity index (χ0) is 16.2. The van der Waals surface area contributed by atoms with Gasteiger partial charge in [0.15, 0.2) is 0 Å². The summed E-state index contributed by atoms with van der Waals surface area (Å²) in [7, 11) is 0. The monoisotopic (exact) mass is 351 g/mol. The van der Waals surface area contributed by atoms with Gasteiger partial charge in [0, 0.05) is 25.0 Å². The van der Waals surface area contributed by atoms with E-state index >= 15 is 0 Å². The quantitative estimate of drug-likeness (QED) is 0.844. The molecular formula is C18H26ClN3O2. The zero-order valence-electron chi connectivity index (χ0n) is 13.8. The van der Waals surface area contributed by atoms with Gasteiger partial charge < -0.3 is 16.0 Å². The molecule has 132 valence electrons. The summed E-state index contributed by atoms with van der Waals surface area (Å²) in [5.74, 6) is 0.483. The highest BCUT2D eigenvalue weighted by molar-refractivity contribution is 5.85. The van der Waals surface area contributed by atoms with Crippen molar-refractivity contribution in [1.82, 2.24) is 10.2 Å². The molecule has 24 heavy (non-hydrogen) atoms. The first-order chi connectivity index (χ1) is 11.1. The number of nitrogens with one attached hydrogen (secondary N) is 1. The minimum absolute atomic E-state index is 0. The van der Waals surface area contributed by atoms with Gasteiger partial charge in [-0.25, -0.2) is 0 Å². The average Bonchev–Trinajstić information content (AvgIpc) is 3.41. The molecule has 0 unspecified atom stereocenters. The van der Waals surface area contributed by atoms with Crippen LogP contribution in [-0.4, -0.2) is 41.9 Å². The molecule has 1 aromatic carbocycles. The van der Waals surface area contributed by atoms with E-state index in [2.05, 4.69) is 5.32 Å². The summed E-state index contributed by atoms with van der Waals surface area (Å²) in [5, 5.41) is 3.04. The van der Waals surface area contributed by atoms with Gasteiger partial charge in [-0.05, 0) is 37.7 Å². The van der Waals surface area contributed by atoms with Crippen molar-refractivity contribution in [3.8, 4) is 0 Å². The molecule has 1 saturated heterocycles. The number of nitrogens with zero attached hydrogens (tertiary/aromatic N) is 1. The van der Waals surface area contributed by atoms with Gasteiger partial charge in [0.25, 0.3) is 0 Å². The van der Waals surface area contributed by atoms with Gasteiger partial charge in [-0.2, -0.15) is 0 Å². The van der Waals surface area contributed by atoms with Crippen LogP contribution in [0, 0.1) is 5.92 Å². The minimum atomic E-state index is -0.525. The normalized spacial score (nSPS) is 19.3. The van der Waals surface area contributed by atoms with Crippen LogP contribution in [0.3, 0.4) is 0 Å². The zero-order valence-corrected chi connectivity index (χ0v) is 14.6. The second-order valence-electron chi connectivity index (χ2n) is 6.68. The van der Waals surface area contributed by atoms with Crippen LogP contribution in [0.15, 0.2) is 30.3 Å². The largest absolute Gasteiger partial charge is 0.352 e. The van der Waals surface area contributed by atoms with Crippen molar-refractivity contribution in [2.75, 3.05) is 13.1 Å². The Hall–Kier alpha value is -1.59. The number of piperidine rings is 1. The number of nitrogens with two attached hydrogens (primary N) is 1. The second-order valence-corrected chi connectivity index (χ2v) is 6.68.